The number of likely N-dealkylation sites (tertiary alicyclic amines) is 1. The molecule has 1 amide bonds. The largest absolute Gasteiger partial charge is 0.395 e. The highest BCUT2D eigenvalue weighted by Crippen LogP contribution is 2.42. The van der Waals surface area contributed by atoms with Gasteiger partial charge in [0.05, 0.1) is 6.61 Å². The van der Waals surface area contributed by atoms with Gasteiger partial charge in [-0.15, -0.1) is 0 Å². The standard InChI is InChI=1S/C16H22N2O2/c19-11-10-18-8-6-16(7-9-18)14(12-15(20)17-16)13-4-2-1-3-5-13/h1-5,14,19H,6-12H2,(H,17,20)/t14-/m1/s1. The van der Waals surface area contributed by atoms with Crippen molar-refractivity contribution in [1.29, 1.82) is 0 Å². The summed E-state index contributed by atoms with van der Waals surface area (Å²) in [7, 11) is 0. The van der Waals surface area contributed by atoms with Gasteiger partial charge in [-0.2, -0.15) is 0 Å². The van der Waals surface area contributed by atoms with Crippen molar-refractivity contribution < 1.29 is 9.90 Å². The van der Waals surface area contributed by atoms with Crippen molar-refractivity contribution in [2.75, 3.05) is 26.2 Å². The second-order valence-corrected chi connectivity index (χ2v) is 5.94. The minimum absolute atomic E-state index is 0.0790. The summed E-state index contributed by atoms with van der Waals surface area (Å²) < 4.78 is 0. The molecule has 108 valence electrons. The highest BCUT2D eigenvalue weighted by molar-refractivity contribution is 5.81. The summed E-state index contributed by atoms with van der Waals surface area (Å²) in [5.41, 5.74) is 1.19. The molecule has 1 spiro atoms. The molecule has 2 saturated heterocycles. The first-order valence-corrected chi connectivity index (χ1v) is 7.43. The Kier molecular flexibility index (Phi) is 3.76. The van der Waals surface area contributed by atoms with Crippen molar-refractivity contribution in [2.24, 2.45) is 0 Å². The van der Waals surface area contributed by atoms with Gasteiger partial charge in [-0.25, -0.2) is 0 Å². The van der Waals surface area contributed by atoms with E-state index in [1.807, 2.05) is 18.2 Å². The van der Waals surface area contributed by atoms with Gasteiger partial charge >= 0.3 is 0 Å². The van der Waals surface area contributed by atoms with E-state index in [1.54, 1.807) is 0 Å². The SMILES string of the molecule is O=C1C[C@H](c2ccccc2)C2(CCN(CCO)CC2)N1. The number of amides is 1. The Morgan fingerprint density at radius 1 is 1.25 bits per heavy atom. The van der Waals surface area contributed by atoms with Gasteiger partial charge in [0, 0.05) is 37.5 Å². The molecule has 2 heterocycles. The molecule has 0 radical (unpaired) electrons. The maximum Gasteiger partial charge on any atom is 0.221 e. The predicted octanol–water partition coefficient (Wildman–Crippen LogP) is 1.12. The van der Waals surface area contributed by atoms with E-state index in [-0.39, 0.29) is 24.0 Å². The second-order valence-electron chi connectivity index (χ2n) is 5.94. The lowest BCUT2D eigenvalue weighted by Crippen LogP contribution is -2.53. The van der Waals surface area contributed by atoms with Crippen LogP contribution < -0.4 is 5.32 Å². The van der Waals surface area contributed by atoms with Crippen molar-refractivity contribution in [3.63, 3.8) is 0 Å². The number of benzene rings is 1. The van der Waals surface area contributed by atoms with Crippen LogP contribution in [0.15, 0.2) is 30.3 Å². The maximum absolute atomic E-state index is 11.9. The van der Waals surface area contributed by atoms with Crippen LogP contribution in [0.2, 0.25) is 0 Å². The molecular weight excluding hydrogens is 252 g/mol. The van der Waals surface area contributed by atoms with Crippen molar-refractivity contribution in [1.82, 2.24) is 10.2 Å². The summed E-state index contributed by atoms with van der Waals surface area (Å²) in [5.74, 6) is 0.460. The van der Waals surface area contributed by atoms with Crippen molar-refractivity contribution in [3.8, 4) is 0 Å². The molecule has 1 aromatic rings. The summed E-state index contributed by atoms with van der Waals surface area (Å²) >= 11 is 0. The molecule has 0 saturated carbocycles. The van der Waals surface area contributed by atoms with E-state index in [2.05, 4.69) is 22.3 Å². The number of aliphatic hydroxyl groups excluding tert-OH is 1. The predicted molar refractivity (Wildman–Crippen MR) is 77.4 cm³/mol. The lowest BCUT2D eigenvalue weighted by Gasteiger charge is -2.42. The van der Waals surface area contributed by atoms with Crippen molar-refractivity contribution in [3.05, 3.63) is 35.9 Å². The van der Waals surface area contributed by atoms with Gasteiger partial charge < -0.3 is 15.3 Å². The molecule has 4 heteroatoms. The number of carbonyl (C=O) groups excluding carboxylic acids is 1. The molecule has 2 fully saturated rings. The topological polar surface area (TPSA) is 52.6 Å². The Morgan fingerprint density at radius 3 is 2.60 bits per heavy atom. The fraction of sp³-hybridized carbons (Fsp3) is 0.562. The number of aliphatic hydroxyl groups is 1. The maximum atomic E-state index is 11.9. The van der Waals surface area contributed by atoms with E-state index in [9.17, 15) is 4.79 Å². The monoisotopic (exact) mass is 274 g/mol. The quantitative estimate of drug-likeness (QED) is 0.868. The molecule has 2 aliphatic heterocycles. The molecule has 1 atom stereocenters. The van der Waals surface area contributed by atoms with Gasteiger partial charge in [-0.1, -0.05) is 30.3 Å². The van der Waals surface area contributed by atoms with E-state index < -0.39 is 0 Å². The van der Waals surface area contributed by atoms with Crippen LogP contribution in [0.1, 0.15) is 30.7 Å². The van der Waals surface area contributed by atoms with Crippen LogP contribution in [-0.2, 0) is 4.79 Å². The van der Waals surface area contributed by atoms with Crippen LogP contribution in [0.4, 0.5) is 0 Å². The zero-order valence-corrected chi connectivity index (χ0v) is 11.7. The van der Waals surface area contributed by atoms with E-state index in [0.29, 0.717) is 6.42 Å². The smallest absolute Gasteiger partial charge is 0.221 e. The summed E-state index contributed by atoms with van der Waals surface area (Å²) in [4.78, 5) is 14.2. The van der Waals surface area contributed by atoms with Crippen molar-refractivity contribution >= 4 is 5.91 Å². The second kappa shape index (κ2) is 5.54. The average Bonchev–Trinajstić information content (AvgIpc) is 2.79. The highest BCUT2D eigenvalue weighted by Gasteiger charge is 2.48. The van der Waals surface area contributed by atoms with Crippen molar-refractivity contribution in [2.45, 2.75) is 30.7 Å². The number of hydrogen-bond acceptors (Lipinski definition) is 3. The third kappa shape index (κ3) is 2.45. The first-order valence-electron chi connectivity index (χ1n) is 7.43. The molecule has 0 unspecified atom stereocenters. The number of nitrogens with zero attached hydrogens (tertiary/aromatic N) is 1. The van der Waals surface area contributed by atoms with Crippen LogP contribution in [0.25, 0.3) is 0 Å². The fourth-order valence-corrected chi connectivity index (χ4v) is 3.71. The zero-order chi connectivity index (χ0) is 14.0. The molecule has 20 heavy (non-hydrogen) atoms. The normalized spacial score (nSPS) is 25.9. The van der Waals surface area contributed by atoms with Gasteiger partial charge in [0.2, 0.25) is 5.91 Å². The highest BCUT2D eigenvalue weighted by atomic mass is 16.3. The van der Waals surface area contributed by atoms with Gasteiger partial charge in [0.15, 0.2) is 0 Å². The van der Waals surface area contributed by atoms with Gasteiger partial charge in [0.1, 0.15) is 0 Å². The Morgan fingerprint density at radius 2 is 1.95 bits per heavy atom. The fourth-order valence-electron chi connectivity index (χ4n) is 3.71. The molecule has 2 aliphatic rings. The average molecular weight is 274 g/mol. The summed E-state index contributed by atoms with van der Waals surface area (Å²) in [5, 5.41) is 12.3. The molecule has 1 aromatic carbocycles. The lowest BCUT2D eigenvalue weighted by molar-refractivity contribution is -0.120. The molecule has 0 aromatic heterocycles. The molecule has 0 aliphatic carbocycles. The molecule has 0 bridgehead atoms. The van der Waals surface area contributed by atoms with Crippen LogP contribution in [-0.4, -0.2) is 47.7 Å². The molecule has 4 nitrogen and oxygen atoms in total. The summed E-state index contributed by atoms with van der Waals surface area (Å²) in [6.45, 7) is 2.84. The Balaban J connectivity index is 1.79. The van der Waals surface area contributed by atoms with Gasteiger partial charge in [0.25, 0.3) is 0 Å². The third-order valence-electron chi connectivity index (χ3n) is 4.81. The number of hydrogen-bond donors (Lipinski definition) is 2. The van der Waals surface area contributed by atoms with Gasteiger partial charge in [-0.3, -0.25) is 4.79 Å². The lowest BCUT2D eigenvalue weighted by atomic mass is 9.74. The van der Waals surface area contributed by atoms with E-state index in [4.69, 9.17) is 5.11 Å². The minimum atomic E-state index is -0.0790. The Labute approximate surface area is 119 Å². The Bertz CT molecular complexity index is 467. The van der Waals surface area contributed by atoms with Crippen LogP contribution in [0.3, 0.4) is 0 Å². The number of β-amino-alcohol motifs (C(OH)–C–C–N with tert-alkyl or cyclic N) is 1. The first kappa shape index (κ1) is 13.6. The van der Waals surface area contributed by atoms with Crippen LogP contribution in [0, 0.1) is 0 Å². The summed E-state index contributed by atoms with van der Waals surface area (Å²) in [6.07, 6.45) is 2.54. The third-order valence-corrected chi connectivity index (χ3v) is 4.81. The van der Waals surface area contributed by atoms with Gasteiger partial charge in [-0.05, 0) is 18.4 Å². The minimum Gasteiger partial charge on any atom is -0.395 e. The molecule has 3 rings (SSSR count). The number of nitrogens with one attached hydrogen (secondary N) is 1. The van der Waals surface area contributed by atoms with E-state index >= 15 is 0 Å². The van der Waals surface area contributed by atoms with Crippen LogP contribution >= 0.6 is 0 Å². The first-order chi connectivity index (χ1) is 9.73. The van der Waals surface area contributed by atoms with E-state index in [1.165, 1.54) is 5.56 Å². The summed E-state index contributed by atoms with van der Waals surface area (Å²) in [6, 6.07) is 10.4. The van der Waals surface area contributed by atoms with Crippen LogP contribution in [0.5, 0.6) is 0 Å². The van der Waals surface area contributed by atoms with E-state index in [0.717, 1.165) is 32.5 Å². The number of rotatable bonds is 3. The number of carbonyl (C=O) groups is 1. The number of piperidine rings is 1. The molecular formula is C16H22N2O2. The molecule has 2 N–H and O–H groups in total. The zero-order valence-electron chi connectivity index (χ0n) is 11.7. The Hall–Kier alpha value is -1.39.